The van der Waals surface area contributed by atoms with Gasteiger partial charge in [0.15, 0.2) is 0 Å². The fourth-order valence-corrected chi connectivity index (χ4v) is 2.03. The van der Waals surface area contributed by atoms with E-state index < -0.39 is 0 Å². The predicted molar refractivity (Wildman–Crippen MR) is 77.1 cm³/mol. The van der Waals surface area contributed by atoms with Crippen LogP contribution in [0.25, 0.3) is 0 Å². The van der Waals surface area contributed by atoms with Gasteiger partial charge >= 0.3 is 0 Å². The number of aromatic nitrogens is 2. The maximum atomic E-state index is 12.1. The molecule has 0 aliphatic heterocycles. The summed E-state index contributed by atoms with van der Waals surface area (Å²) in [6.07, 6.45) is 1.74. The van der Waals surface area contributed by atoms with Gasteiger partial charge in [-0.1, -0.05) is 23.7 Å². The summed E-state index contributed by atoms with van der Waals surface area (Å²) in [4.78, 5) is 12.1. The Morgan fingerprint density at radius 2 is 2.20 bits per heavy atom. The number of hydrogen-bond acceptors (Lipinski definition) is 3. The van der Waals surface area contributed by atoms with Gasteiger partial charge in [0.25, 0.3) is 5.91 Å². The zero-order valence-electron chi connectivity index (χ0n) is 11.4. The first-order chi connectivity index (χ1) is 9.65. The Morgan fingerprint density at radius 1 is 1.45 bits per heavy atom. The Balaban J connectivity index is 2.06. The molecule has 0 spiro atoms. The third kappa shape index (κ3) is 3.11. The molecule has 5 nitrogen and oxygen atoms in total. The molecule has 0 saturated heterocycles. The van der Waals surface area contributed by atoms with E-state index in [1.165, 1.54) is 7.11 Å². The Hall–Kier alpha value is -2.01. The fourth-order valence-electron chi connectivity index (χ4n) is 1.81. The van der Waals surface area contributed by atoms with Crippen molar-refractivity contribution in [1.82, 2.24) is 15.1 Å². The summed E-state index contributed by atoms with van der Waals surface area (Å²) >= 11 is 6.05. The van der Waals surface area contributed by atoms with Gasteiger partial charge in [-0.15, -0.1) is 0 Å². The molecule has 0 bridgehead atoms. The van der Waals surface area contributed by atoms with Crippen LogP contribution >= 0.6 is 11.6 Å². The summed E-state index contributed by atoms with van der Waals surface area (Å²) in [5.74, 6) is 0.319. The van der Waals surface area contributed by atoms with Crippen molar-refractivity contribution in [3.8, 4) is 5.75 Å². The molecule has 0 saturated carbocycles. The maximum absolute atomic E-state index is 12.1. The molecule has 1 N–H and O–H groups in total. The van der Waals surface area contributed by atoms with Gasteiger partial charge in [0, 0.05) is 12.7 Å². The number of amides is 1. The highest BCUT2D eigenvalue weighted by molar-refractivity contribution is 6.31. The van der Waals surface area contributed by atoms with Crippen molar-refractivity contribution < 1.29 is 9.53 Å². The first-order valence-electron chi connectivity index (χ1n) is 6.28. The Bertz CT molecular complexity index is 610. The lowest BCUT2D eigenvalue weighted by atomic mass is 10.2. The van der Waals surface area contributed by atoms with Crippen LogP contribution in [-0.4, -0.2) is 22.8 Å². The number of nitrogens with one attached hydrogen (secondary N) is 1. The van der Waals surface area contributed by atoms with E-state index in [2.05, 4.69) is 10.4 Å². The highest BCUT2D eigenvalue weighted by atomic mass is 35.5. The fraction of sp³-hybridized carbons (Fsp3) is 0.286. The van der Waals surface area contributed by atoms with Crippen LogP contribution in [0.4, 0.5) is 0 Å². The summed E-state index contributed by atoms with van der Waals surface area (Å²) < 4.78 is 6.89. The van der Waals surface area contributed by atoms with Gasteiger partial charge in [0.05, 0.1) is 24.2 Å². The highest BCUT2D eigenvalue weighted by Gasteiger charge is 2.13. The van der Waals surface area contributed by atoms with Crippen LogP contribution in [0.2, 0.25) is 5.02 Å². The Kier molecular flexibility index (Phi) is 4.63. The Morgan fingerprint density at radius 3 is 2.85 bits per heavy atom. The van der Waals surface area contributed by atoms with Crippen molar-refractivity contribution in [2.75, 3.05) is 7.11 Å². The quantitative estimate of drug-likeness (QED) is 0.921. The first-order valence-corrected chi connectivity index (χ1v) is 6.66. The second kappa shape index (κ2) is 6.43. The van der Waals surface area contributed by atoms with Crippen molar-refractivity contribution in [2.24, 2.45) is 0 Å². The maximum Gasteiger partial charge on any atom is 0.255 e. The van der Waals surface area contributed by atoms with E-state index >= 15 is 0 Å². The molecule has 0 aliphatic carbocycles. The number of ether oxygens (including phenoxy) is 1. The number of rotatable bonds is 5. The minimum atomic E-state index is -0.218. The third-order valence-electron chi connectivity index (χ3n) is 2.88. The number of hydrogen-bond donors (Lipinski definition) is 1. The van der Waals surface area contributed by atoms with Gasteiger partial charge < -0.3 is 10.1 Å². The number of aryl methyl sites for hydroxylation is 1. The van der Waals surface area contributed by atoms with E-state index in [9.17, 15) is 4.79 Å². The lowest BCUT2D eigenvalue weighted by Gasteiger charge is -2.08. The van der Waals surface area contributed by atoms with E-state index in [1.807, 2.05) is 13.0 Å². The molecule has 20 heavy (non-hydrogen) atoms. The third-order valence-corrected chi connectivity index (χ3v) is 3.19. The van der Waals surface area contributed by atoms with Crippen molar-refractivity contribution in [3.63, 3.8) is 0 Å². The van der Waals surface area contributed by atoms with Crippen molar-refractivity contribution in [3.05, 3.63) is 46.7 Å². The molecule has 0 atom stereocenters. The van der Waals surface area contributed by atoms with E-state index in [-0.39, 0.29) is 12.5 Å². The highest BCUT2D eigenvalue weighted by Crippen LogP contribution is 2.18. The van der Waals surface area contributed by atoms with E-state index in [1.54, 1.807) is 29.1 Å². The molecule has 2 aromatic rings. The average Bonchev–Trinajstić information content (AvgIpc) is 2.85. The van der Waals surface area contributed by atoms with Crippen LogP contribution in [0.1, 0.15) is 23.0 Å². The van der Waals surface area contributed by atoms with Crippen LogP contribution in [-0.2, 0) is 13.1 Å². The smallest absolute Gasteiger partial charge is 0.255 e. The van der Waals surface area contributed by atoms with E-state index in [4.69, 9.17) is 16.3 Å². The average molecular weight is 294 g/mol. The van der Waals surface area contributed by atoms with Gasteiger partial charge in [0.2, 0.25) is 0 Å². The zero-order valence-corrected chi connectivity index (χ0v) is 12.1. The van der Waals surface area contributed by atoms with Crippen molar-refractivity contribution in [2.45, 2.75) is 20.0 Å². The van der Waals surface area contributed by atoms with Crippen LogP contribution < -0.4 is 10.1 Å². The Labute approximate surface area is 122 Å². The molecule has 0 fully saturated rings. The topological polar surface area (TPSA) is 56.2 Å². The standard InChI is InChI=1S/C14H16ClN3O2/c1-3-18-9-11(15)12(17-18)8-16-14(19)10-6-4-5-7-13(10)20-2/h4-7,9H,3,8H2,1-2H3,(H,16,19). The number of nitrogens with zero attached hydrogens (tertiary/aromatic N) is 2. The SMILES string of the molecule is CCn1cc(Cl)c(CNC(=O)c2ccccc2OC)n1. The van der Waals surface area contributed by atoms with Gasteiger partial charge in [0.1, 0.15) is 11.4 Å². The summed E-state index contributed by atoms with van der Waals surface area (Å²) in [5, 5.41) is 7.61. The van der Waals surface area contributed by atoms with E-state index in [0.717, 1.165) is 6.54 Å². The van der Waals surface area contributed by atoms with Crippen LogP contribution in [0.3, 0.4) is 0 Å². The number of methoxy groups -OCH3 is 1. The molecule has 1 aromatic heterocycles. The summed E-state index contributed by atoms with van der Waals surface area (Å²) in [6.45, 7) is 2.99. The van der Waals surface area contributed by atoms with Crippen LogP contribution in [0.15, 0.2) is 30.5 Å². The lowest BCUT2D eigenvalue weighted by molar-refractivity contribution is 0.0947. The molecule has 1 heterocycles. The number of halogens is 1. The minimum Gasteiger partial charge on any atom is -0.496 e. The zero-order chi connectivity index (χ0) is 14.5. The number of carbonyl (C=O) groups is 1. The minimum absolute atomic E-state index is 0.218. The number of para-hydroxylation sites is 1. The van der Waals surface area contributed by atoms with Crippen LogP contribution in [0.5, 0.6) is 5.75 Å². The molecular formula is C14H16ClN3O2. The second-order valence-electron chi connectivity index (χ2n) is 4.16. The molecule has 1 amide bonds. The lowest BCUT2D eigenvalue weighted by Crippen LogP contribution is -2.23. The van der Waals surface area contributed by atoms with E-state index in [0.29, 0.717) is 22.0 Å². The molecule has 0 aliphatic rings. The monoisotopic (exact) mass is 293 g/mol. The molecule has 0 radical (unpaired) electrons. The first kappa shape index (κ1) is 14.4. The van der Waals surface area contributed by atoms with Gasteiger partial charge in [-0.05, 0) is 19.1 Å². The van der Waals surface area contributed by atoms with Gasteiger partial charge in [-0.25, -0.2) is 0 Å². The normalized spacial score (nSPS) is 10.3. The molecule has 0 unspecified atom stereocenters. The second-order valence-corrected chi connectivity index (χ2v) is 4.57. The molecule has 106 valence electrons. The summed E-state index contributed by atoms with van der Waals surface area (Å²) in [7, 11) is 1.53. The molecule has 1 aromatic carbocycles. The summed E-state index contributed by atoms with van der Waals surface area (Å²) in [6, 6.07) is 7.06. The number of carbonyl (C=O) groups excluding carboxylic acids is 1. The largest absolute Gasteiger partial charge is 0.496 e. The molecule has 6 heteroatoms. The predicted octanol–water partition coefficient (Wildman–Crippen LogP) is 2.50. The van der Waals surface area contributed by atoms with Crippen LogP contribution in [0, 0.1) is 0 Å². The van der Waals surface area contributed by atoms with Gasteiger partial charge in [-0.2, -0.15) is 5.10 Å². The summed E-state index contributed by atoms with van der Waals surface area (Å²) in [5.41, 5.74) is 1.14. The number of benzene rings is 1. The van der Waals surface area contributed by atoms with Gasteiger partial charge in [-0.3, -0.25) is 9.48 Å². The van der Waals surface area contributed by atoms with Crippen molar-refractivity contribution in [1.29, 1.82) is 0 Å². The molecule has 2 rings (SSSR count). The van der Waals surface area contributed by atoms with Crippen molar-refractivity contribution >= 4 is 17.5 Å². The molecular weight excluding hydrogens is 278 g/mol.